The van der Waals surface area contributed by atoms with E-state index in [1.54, 1.807) is 18.7 Å². The molecule has 24 heavy (non-hydrogen) atoms. The summed E-state index contributed by atoms with van der Waals surface area (Å²) in [6.45, 7) is 0. The molecule has 0 unspecified atom stereocenters. The van der Waals surface area contributed by atoms with Gasteiger partial charge in [0.05, 0.1) is 12.3 Å². The van der Waals surface area contributed by atoms with Gasteiger partial charge >= 0.3 is 0 Å². The van der Waals surface area contributed by atoms with Crippen molar-refractivity contribution in [3.8, 4) is 0 Å². The molecule has 0 radical (unpaired) electrons. The third-order valence-electron chi connectivity index (χ3n) is 4.49. The number of rotatable bonds is 5. The molecule has 1 aromatic carbocycles. The van der Waals surface area contributed by atoms with E-state index in [0.717, 1.165) is 23.3 Å². The number of carbonyl (C=O) groups is 1. The van der Waals surface area contributed by atoms with E-state index in [9.17, 15) is 4.79 Å². The Bertz CT molecular complexity index is 761. The molecule has 1 aliphatic rings. The van der Waals surface area contributed by atoms with Crippen LogP contribution >= 0.6 is 0 Å². The predicted molar refractivity (Wildman–Crippen MR) is 90.2 cm³/mol. The van der Waals surface area contributed by atoms with E-state index in [1.165, 1.54) is 0 Å². The molecular weight excluding hydrogens is 300 g/mol. The van der Waals surface area contributed by atoms with Crippen LogP contribution in [0.5, 0.6) is 0 Å². The molecule has 1 aliphatic carbocycles. The minimum atomic E-state index is -0.167. The van der Waals surface area contributed by atoms with E-state index in [1.807, 2.05) is 54.6 Å². The average molecular weight is 318 g/mol. The van der Waals surface area contributed by atoms with E-state index in [-0.39, 0.29) is 23.8 Å². The van der Waals surface area contributed by atoms with Gasteiger partial charge in [0.1, 0.15) is 5.76 Å². The summed E-state index contributed by atoms with van der Waals surface area (Å²) in [5, 5.41) is 3.20. The first kappa shape index (κ1) is 14.7. The molecule has 120 valence electrons. The Balaban J connectivity index is 1.54. The van der Waals surface area contributed by atoms with Gasteiger partial charge in [-0.3, -0.25) is 9.78 Å². The highest BCUT2D eigenvalue weighted by Crippen LogP contribution is 2.48. The average Bonchev–Trinajstić information content (AvgIpc) is 3.26. The highest BCUT2D eigenvalue weighted by molar-refractivity contribution is 5.83. The summed E-state index contributed by atoms with van der Waals surface area (Å²) in [5.41, 5.74) is 2.09. The first-order chi connectivity index (χ1) is 11.8. The monoisotopic (exact) mass is 318 g/mol. The van der Waals surface area contributed by atoms with Crippen LogP contribution in [0, 0.1) is 5.92 Å². The van der Waals surface area contributed by atoms with E-state index >= 15 is 0 Å². The van der Waals surface area contributed by atoms with Gasteiger partial charge < -0.3 is 9.73 Å². The molecule has 0 bridgehead atoms. The minimum Gasteiger partial charge on any atom is -0.469 e. The number of nitrogens with one attached hydrogen (secondary N) is 1. The maximum Gasteiger partial charge on any atom is 0.224 e. The lowest BCUT2D eigenvalue weighted by Gasteiger charge is -2.19. The van der Waals surface area contributed by atoms with Gasteiger partial charge in [0.15, 0.2) is 0 Å². The Hall–Kier alpha value is -2.88. The fourth-order valence-electron chi connectivity index (χ4n) is 3.11. The molecule has 3 atom stereocenters. The lowest BCUT2D eigenvalue weighted by molar-refractivity contribution is -0.123. The van der Waals surface area contributed by atoms with Crippen molar-refractivity contribution in [2.75, 3.05) is 0 Å². The van der Waals surface area contributed by atoms with Crippen molar-refractivity contribution in [2.45, 2.75) is 18.4 Å². The van der Waals surface area contributed by atoms with E-state index < -0.39 is 0 Å². The number of furan rings is 1. The lowest BCUT2D eigenvalue weighted by atomic mass is 9.99. The first-order valence-corrected chi connectivity index (χ1v) is 8.11. The summed E-state index contributed by atoms with van der Waals surface area (Å²) in [6.07, 6.45) is 6.00. The second kappa shape index (κ2) is 6.32. The molecule has 0 spiro atoms. The molecule has 2 aromatic heterocycles. The second-order valence-corrected chi connectivity index (χ2v) is 6.10. The fourth-order valence-corrected chi connectivity index (χ4v) is 3.11. The van der Waals surface area contributed by atoms with Crippen LogP contribution in [0.25, 0.3) is 0 Å². The SMILES string of the molecule is O=C(N[C@H](c1ccccc1)c1ccncc1)[C@H]1C[C@@H]1c1ccco1. The van der Waals surface area contributed by atoms with Gasteiger partial charge in [-0.25, -0.2) is 0 Å². The molecule has 3 aromatic rings. The predicted octanol–water partition coefficient (Wildman–Crippen LogP) is 3.68. The van der Waals surface area contributed by atoms with Gasteiger partial charge in [-0.05, 0) is 41.8 Å². The lowest BCUT2D eigenvalue weighted by Crippen LogP contribution is -2.30. The molecule has 2 heterocycles. The van der Waals surface area contributed by atoms with Gasteiger partial charge in [0.2, 0.25) is 5.91 Å². The Morgan fingerprint density at radius 1 is 1.04 bits per heavy atom. The van der Waals surface area contributed by atoms with Crippen LogP contribution in [-0.4, -0.2) is 10.9 Å². The van der Waals surface area contributed by atoms with Crippen molar-refractivity contribution in [1.29, 1.82) is 0 Å². The summed E-state index contributed by atoms with van der Waals surface area (Å²) >= 11 is 0. The molecule has 1 N–H and O–H groups in total. The van der Waals surface area contributed by atoms with Crippen LogP contribution in [0.4, 0.5) is 0 Å². The standard InChI is InChI=1S/C20H18N2O2/c23-20(17-13-16(17)18-7-4-12-24-18)22-19(14-5-2-1-3-6-14)15-8-10-21-11-9-15/h1-12,16-17,19H,13H2,(H,22,23)/t16-,17-,19+/m0/s1. The number of benzene rings is 1. The Morgan fingerprint density at radius 3 is 2.50 bits per heavy atom. The van der Waals surface area contributed by atoms with Crippen LogP contribution in [-0.2, 0) is 4.79 Å². The second-order valence-electron chi connectivity index (χ2n) is 6.10. The number of hydrogen-bond donors (Lipinski definition) is 1. The number of aromatic nitrogens is 1. The van der Waals surface area contributed by atoms with Crippen molar-refractivity contribution in [3.63, 3.8) is 0 Å². The Labute approximate surface area is 140 Å². The number of carbonyl (C=O) groups excluding carboxylic acids is 1. The van der Waals surface area contributed by atoms with E-state index in [2.05, 4.69) is 10.3 Å². The van der Waals surface area contributed by atoms with Crippen molar-refractivity contribution < 1.29 is 9.21 Å². The van der Waals surface area contributed by atoms with Crippen LogP contribution in [0.15, 0.2) is 77.7 Å². The summed E-state index contributed by atoms with van der Waals surface area (Å²) < 4.78 is 5.42. The molecule has 1 fully saturated rings. The Kier molecular flexibility index (Phi) is 3.87. The third kappa shape index (κ3) is 2.95. The topological polar surface area (TPSA) is 55.1 Å². The largest absolute Gasteiger partial charge is 0.469 e. The first-order valence-electron chi connectivity index (χ1n) is 8.11. The molecule has 4 heteroatoms. The number of hydrogen-bond acceptors (Lipinski definition) is 3. The number of amides is 1. The molecule has 0 saturated heterocycles. The van der Waals surface area contributed by atoms with Crippen molar-refractivity contribution >= 4 is 5.91 Å². The van der Waals surface area contributed by atoms with E-state index in [0.29, 0.717) is 0 Å². The quantitative estimate of drug-likeness (QED) is 0.780. The normalized spacial score (nSPS) is 20.3. The Morgan fingerprint density at radius 2 is 1.79 bits per heavy atom. The summed E-state index contributed by atoms with van der Waals surface area (Å²) in [6, 6.07) is 17.5. The zero-order chi connectivity index (χ0) is 16.4. The minimum absolute atomic E-state index is 0.0100. The molecular formula is C20H18N2O2. The number of pyridine rings is 1. The maximum absolute atomic E-state index is 12.7. The number of nitrogens with zero attached hydrogens (tertiary/aromatic N) is 1. The van der Waals surface area contributed by atoms with Crippen LogP contribution in [0.3, 0.4) is 0 Å². The summed E-state index contributed by atoms with van der Waals surface area (Å²) in [5.74, 6) is 1.16. The van der Waals surface area contributed by atoms with Gasteiger partial charge in [-0.2, -0.15) is 0 Å². The van der Waals surface area contributed by atoms with Gasteiger partial charge in [-0.1, -0.05) is 30.3 Å². The van der Waals surface area contributed by atoms with Crippen molar-refractivity contribution in [3.05, 3.63) is 90.1 Å². The van der Waals surface area contributed by atoms with Gasteiger partial charge in [0, 0.05) is 24.2 Å². The highest BCUT2D eigenvalue weighted by atomic mass is 16.3. The molecule has 0 aliphatic heterocycles. The zero-order valence-corrected chi connectivity index (χ0v) is 13.1. The molecule has 4 nitrogen and oxygen atoms in total. The van der Waals surface area contributed by atoms with Crippen molar-refractivity contribution in [1.82, 2.24) is 10.3 Å². The molecule has 1 amide bonds. The van der Waals surface area contributed by atoms with Gasteiger partial charge in [-0.15, -0.1) is 0 Å². The third-order valence-corrected chi connectivity index (χ3v) is 4.49. The smallest absolute Gasteiger partial charge is 0.224 e. The molecule has 4 rings (SSSR count). The fraction of sp³-hybridized carbons (Fsp3) is 0.200. The molecule has 1 saturated carbocycles. The zero-order valence-electron chi connectivity index (χ0n) is 13.1. The van der Waals surface area contributed by atoms with Crippen LogP contribution in [0.1, 0.15) is 35.3 Å². The summed E-state index contributed by atoms with van der Waals surface area (Å²) in [7, 11) is 0. The van der Waals surface area contributed by atoms with E-state index in [4.69, 9.17) is 4.42 Å². The maximum atomic E-state index is 12.7. The van der Waals surface area contributed by atoms with Crippen LogP contribution < -0.4 is 5.32 Å². The highest BCUT2D eigenvalue weighted by Gasteiger charge is 2.46. The van der Waals surface area contributed by atoms with Gasteiger partial charge in [0.25, 0.3) is 0 Å². The summed E-state index contributed by atoms with van der Waals surface area (Å²) in [4.78, 5) is 16.8. The van der Waals surface area contributed by atoms with Crippen molar-refractivity contribution in [2.24, 2.45) is 5.92 Å². The van der Waals surface area contributed by atoms with Crippen LogP contribution in [0.2, 0.25) is 0 Å².